The standard InChI is InChI=1S/C12H18FNO2.ClH/c1-12(2,3)11(16)10(14)7-4-5-9(15)8(13)6-7;/h4-6,10-11,15-16H,14H2,1-3H3;1H/t10-,11-;/m0./s1. The van der Waals surface area contributed by atoms with Crippen molar-refractivity contribution >= 4 is 12.4 Å². The zero-order valence-corrected chi connectivity index (χ0v) is 11.0. The number of rotatable bonds is 2. The Morgan fingerprint density at radius 3 is 2.24 bits per heavy atom. The Morgan fingerprint density at radius 1 is 1.29 bits per heavy atom. The highest BCUT2D eigenvalue weighted by Gasteiger charge is 2.29. The van der Waals surface area contributed by atoms with Crippen molar-refractivity contribution in [2.24, 2.45) is 11.1 Å². The second kappa shape index (κ2) is 5.67. The van der Waals surface area contributed by atoms with E-state index in [0.29, 0.717) is 5.56 Å². The lowest BCUT2D eigenvalue weighted by Gasteiger charge is -2.31. The number of nitrogens with two attached hydrogens (primary N) is 1. The molecule has 3 nitrogen and oxygen atoms in total. The van der Waals surface area contributed by atoms with Crippen LogP contribution in [0.1, 0.15) is 32.4 Å². The number of hydrogen-bond acceptors (Lipinski definition) is 3. The number of aliphatic hydroxyl groups is 1. The van der Waals surface area contributed by atoms with E-state index < -0.39 is 23.7 Å². The molecule has 0 unspecified atom stereocenters. The largest absolute Gasteiger partial charge is 0.505 e. The average Bonchev–Trinajstić information content (AvgIpc) is 2.18. The monoisotopic (exact) mass is 263 g/mol. The predicted octanol–water partition coefficient (Wildman–Crippen LogP) is 2.36. The van der Waals surface area contributed by atoms with Gasteiger partial charge in [-0.05, 0) is 23.1 Å². The molecule has 0 radical (unpaired) electrons. The molecule has 0 bridgehead atoms. The number of aromatic hydroxyl groups is 1. The van der Waals surface area contributed by atoms with Crippen molar-refractivity contribution in [1.82, 2.24) is 0 Å². The SMILES string of the molecule is CC(C)(C)[C@@H](O)[C@@H](N)c1ccc(O)c(F)c1.Cl. The van der Waals surface area contributed by atoms with Crippen LogP contribution in [0.15, 0.2) is 18.2 Å². The first-order chi connectivity index (χ1) is 7.23. The van der Waals surface area contributed by atoms with Gasteiger partial charge in [0.05, 0.1) is 12.1 Å². The number of phenols is 1. The molecule has 1 aromatic rings. The summed E-state index contributed by atoms with van der Waals surface area (Å²) in [7, 11) is 0. The number of phenolic OH excluding ortho intramolecular Hbond substituents is 1. The maximum Gasteiger partial charge on any atom is 0.165 e. The summed E-state index contributed by atoms with van der Waals surface area (Å²) in [6.45, 7) is 5.57. The summed E-state index contributed by atoms with van der Waals surface area (Å²) in [5.41, 5.74) is 5.93. The molecule has 1 aromatic carbocycles. The third-order valence-electron chi connectivity index (χ3n) is 2.58. The van der Waals surface area contributed by atoms with Gasteiger partial charge in [-0.2, -0.15) is 0 Å². The van der Waals surface area contributed by atoms with Gasteiger partial charge in [0.15, 0.2) is 11.6 Å². The Labute approximate surface area is 107 Å². The lowest BCUT2D eigenvalue weighted by atomic mass is 9.82. The van der Waals surface area contributed by atoms with Gasteiger partial charge in [0, 0.05) is 0 Å². The first-order valence-electron chi connectivity index (χ1n) is 5.15. The van der Waals surface area contributed by atoms with Crippen molar-refractivity contribution in [1.29, 1.82) is 0 Å². The molecule has 5 heteroatoms. The topological polar surface area (TPSA) is 66.5 Å². The van der Waals surface area contributed by atoms with Crippen molar-refractivity contribution in [2.75, 3.05) is 0 Å². The van der Waals surface area contributed by atoms with Crippen LogP contribution in [-0.2, 0) is 0 Å². The molecular formula is C12H19ClFNO2. The van der Waals surface area contributed by atoms with Gasteiger partial charge in [-0.25, -0.2) is 4.39 Å². The summed E-state index contributed by atoms with van der Waals surface area (Å²) in [5.74, 6) is -1.14. The van der Waals surface area contributed by atoms with Gasteiger partial charge in [0.25, 0.3) is 0 Å². The Morgan fingerprint density at radius 2 is 1.82 bits per heavy atom. The molecule has 98 valence electrons. The van der Waals surface area contributed by atoms with Gasteiger partial charge in [0.2, 0.25) is 0 Å². The highest BCUT2D eigenvalue weighted by molar-refractivity contribution is 5.85. The van der Waals surface area contributed by atoms with Crippen LogP contribution in [0.3, 0.4) is 0 Å². The van der Waals surface area contributed by atoms with E-state index in [9.17, 15) is 9.50 Å². The van der Waals surface area contributed by atoms with Gasteiger partial charge >= 0.3 is 0 Å². The van der Waals surface area contributed by atoms with Crippen molar-refractivity contribution < 1.29 is 14.6 Å². The molecule has 0 spiro atoms. The fraction of sp³-hybridized carbons (Fsp3) is 0.500. The van der Waals surface area contributed by atoms with Gasteiger partial charge < -0.3 is 15.9 Å². The smallest absolute Gasteiger partial charge is 0.165 e. The van der Waals surface area contributed by atoms with Crippen LogP contribution in [0.5, 0.6) is 5.75 Å². The molecule has 4 N–H and O–H groups in total. The lowest BCUT2D eigenvalue weighted by molar-refractivity contribution is 0.0400. The molecule has 0 amide bonds. The third kappa shape index (κ3) is 3.84. The highest BCUT2D eigenvalue weighted by Crippen LogP contribution is 2.29. The molecule has 0 aliphatic heterocycles. The van der Waals surface area contributed by atoms with Crippen LogP contribution in [0.4, 0.5) is 4.39 Å². The van der Waals surface area contributed by atoms with Crippen LogP contribution in [0.2, 0.25) is 0 Å². The second-order valence-corrected chi connectivity index (χ2v) is 5.05. The molecule has 1 rings (SSSR count). The fourth-order valence-corrected chi connectivity index (χ4v) is 1.45. The van der Waals surface area contributed by atoms with Crippen LogP contribution < -0.4 is 5.73 Å². The van der Waals surface area contributed by atoms with Gasteiger partial charge in [-0.15, -0.1) is 12.4 Å². The molecule has 0 aliphatic carbocycles. The van der Waals surface area contributed by atoms with Crippen LogP contribution in [0, 0.1) is 11.2 Å². The summed E-state index contributed by atoms with van der Waals surface area (Å²) in [6, 6.07) is 3.22. The molecule has 0 fully saturated rings. The zero-order valence-electron chi connectivity index (χ0n) is 10.1. The van der Waals surface area contributed by atoms with E-state index in [1.165, 1.54) is 12.1 Å². The third-order valence-corrected chi connectivity index (χ3v) is 2.58. The Hall–Kier alpha value is -0.840. The molecular weight excluding hydrogens is 245 g/mol. The number of hydrogen-bond donors (Lipinski definition) is 3. The Bertz CT molecular complexity index is 379. The van der Waals surface area contributed by atoms with E-state index in [0.717, 1.165) is 6.07 Å². The van der Waals surface area contributed by atoms with Crippen molar-refractivity contribution in [2.45, 2.75) is 32.9 Å². The van der Waals surface area contributed by atoms with E-state index in [2.05, 4.69) is 0 Å². The summed E-state index contributed by atoms with van der Waals surface area (Å²) < 4.78 is 13.1. The lowest BCUT2D eigenvalue weighted by Crippen LogP contribution is -2.37. The minimum Gasteiger partial charge on any atom is -0.505 e. The number of aliphatic hydroxyl groups excluding tert-OH is 1. The van der Waals surface area contributed by atoms with E-state index in [4.69, 9.17) is 10.8 Å². The predicted molar refractivity (Wildman–Crippen MR) is 67.7 cm³/mol. The molecule has 2 atom stereocenters. The normalized spacial score (nSPS) is 14.9. The molecule has 0 heterocycles. The van der Waals surface area contributed by atoms with E-state index >= 15 is 0 Å². The maximum atomic E-state index is 13.1. The first-order valence-corrected chi connectivity index (χ1v) is 5.15. The minimum absolute atomic E-state index is 0. The molecule has 0 aliphatic rings. The van der Waals surface area contributed by atoms with Crippen LogP contribution >= 0.6 is 12.4 Å². The number of halogens is 2. The van der Waals surface area contributed by atoms with E-state index in [-0.39, 0.29) is 17.8 Å². The second-order valence-electron chi connectivity index (χ2n) is 5.05. The maximum absolute atomic E-state index is 13.1. The molecule has 0 saturated carbocycles. The first kappa shape index (κ1) is 16.2. The van der Waals surface area contributed by atoms with E-state index in [1.807, 2.05) is 20.8 Å². The van der Waals surface area contributed by atoms with E-state index in [1.54, 1.807) is 0 Å². The zero-order chi connectivity index (χ0) is 12.5. The summed E-state index contributed by atoms with van der Waals surface area (Å²) in [5, 5.41) is 19.0. The molecule has 17 heavy (non-hydrogen) atoms. The highest BCUT2D eigenvalue weighted by atomic mass is 35.5. The average molecular weight is 264 g/mol. The quantitative estimate of drug-likeness (QED) is 0.767. The fourth-order valence-electron chi connectivity index (χ4n) is 1.45. The van der Waals surface area contributed by atoms with Crippen molar-refractivity contribution in [3.8, 4) is 5.75 Å². The number of benzene rings is 1. The van der Waals surface area contributed by atoms with Gasteiger partial charge in [0.1, 0.15) is 0 Å². The van der Waals surface area contributed by atoms with Gasteiger partial charge in [-0.3, -0.25) is 0 Å². The molecule has 0 aromatic heterocycles. The molecule has 0 saturated heterocycles. The summed E-state index contributed by atoms with van der Waals surface area (Å²) in [4.78, 5) is 0. The van der Waals surface area contributed by atoms with Crippen molar-refractivity contribution in [3.63, 3.8) is 0 Å². The van der Waals surface area contributed by atoms with Crippen LogP contribution in [-0.4, -0.2) is 16.3 Å². The summed E-state index contributed by atoms with van der Waals surface area (Å²) in [6.07, 6.45) is -0.781. The minimum atomic E-state index is -0.781. The van der Waals surface area contributed by atoms with Crippen LogP contribution in [0.25, 0.3) is 0 Å². The Balaban J connectivity index is 0.00000256. The Kier molecular flexibility index (Phi) is 5.39. The summed E-state index contributed by atoms with van der Waals surface area (Å²) >= 11 is 0. The van der Waals surface area contributed by atoms with Crippen molar-refractivity contribution in [3.05, 3.63) is 29.6 Å². The van der Waals surface area contributed by atoms with Gasteiger partial charge in [-0.1, -0.05) is 26.8 Å².